The van der Waals surface area contributed by atoms with Crippen LogP contribution < -0.4 is 0 Å². The molecule has 13 nitrogen and oxygen atoms in total. The molecule has 0 heterocycles. The van der Waals surface area contributed by atoms with Gasteiger partial charge in [0.1, 0.15) is 29.9 Å². The predicted octanol–water partition coefficient (Wildman–Crippen LogP) is 8.34. The first-order valence-corrected chi connectivity index (χ1v) is 21.2. The minimum Gasteiger partial charge on any atom is -0.469 e. The third kappa shape index (κ3) is 7.11. The molecule has 0 aromatic carbocycles. The van der Waals surface area contributed by atoms with Crippen LogP contribution >= 0.6 is 0 Å². The Hall–Kier alpha value is -4.42. The van der Waals surface area contributed by atoms with Crippen molar-refractivity contribution in [2.75, 3.05) is 28.4 Å². The number of hydrogen-bond donors (Lipinski definition) is 0. The molecular weight excluding hydrogens is 760 g/mol. The summed E-state index contributed by atoms with van der Waals surface area (Å²) in [4.78, 5) is 73.4. The number of Topliss-reactive ketones (excluding diaryl/α,β-unsaturated/α-hetero) is 2. The van der Waals surface area contributed by atoms with Gasteiger partial charge in [0.2, 0.25) is 0 Å². The van der Waals surface area contributed by atoms with Crippen molar-refractivity contribution in [3.8, 4) is 0 Å². The summed E-state index contributed by atoms with van der Waals surface area (Å²) in [6.45, 7) is 8.58. The number of carbonyl (C=O) groups is 6. The molecule has 0 saturated heterocycles. The number of esters is 1. The summed E-state index contributed by atoms with van der Waals surface area (Å²) in [7, 11) is 5.32. The number of methoxy groups -OCH3 is 4. The molecule has 0 aromatic heterocycles. The zero-order chi connectivity index (χ0) is 42.7. The van der Waals surface area contributed by atoms with Crippen LogP contribution in [0.4, 0.5) is 14.4 Å². The number of hydrogen-bond acceptors (Lipinski definition) is 13. The van der Waals surface area contributed by atoms with Gasteiger partial charge >= 0.3 is 24.4 Å². The van der Waals surface area contributed by atoms with Gasteiger partial charge in [0.05, 0.1) is 34.4 Å². The largest absolute Gasteiger partial charge is 0.508 e. The van der Waals surface area contributed by atoms with E-state index in [9.17, 15) is 28.8 Å². The lowest BCUT2D eigenvalue weighted by Gasteiger charge is -2.54. The van der Waals surface area contributed by atoms with E-state index in [1.807, 2.05) is 6.08 Å². The van der Waals surface area contributed by atoms with E-state index >= 15 is 0 Å². The Bertz CT molecular complexity index is 1910. The quantitative estimate of drug-likeness (QED) is 0.151. The standard InChI is InChI=1S/C23H30O7.C23H30O6/c1-22-9-7-14(29-20(25)27-3)11-13(22)12-17(30-21(26)28-4)19-15-5-6-18(24)23(15,2)10-8-16(19)22;1-22-9-7-14(29-21(26)28-4)11-13(22)12-15(20(25)27-3)19-16-5-6-18(24)23(16,2)10-8-17(19)22/h8,12,14-15,17,19H,5-7,9-11H2,1-4H3;8,12,14-16,19H,5-7,9-11H2,1-4H3/t14-,15?,17-,19?,22-,23-;14-,15+,16?,19?,22-,23-/m00/s1. The summed E-state index contributed by atoms with van der Waals surface area (Å²) in [5.41, 5.74) is 3.62. The molecule has 59 heavy (non-hydrogen) atoms. The molecule has 8 aliphatic rings. The Labute approximate surface area is 346 Å². The second-order valence-corrected chi connectivity index (χ2v) is 18.8. The van der Waals surface area contributed by atoms with Gasteiger partial charge in [-0.3, -0.25) is 14.4 Å². The summed E-state index contributed by atoms with van der Waals surface area (Å²) in [6, 6.07) is 0. The normalized spacial score (nSPS) is 40.1. The van der Waals surface area contributed by atoms with Gasteiger partial charge in [0.15, 0.2) is 0 Å². The highest BCUT2D eigenvalue weighted by molar-refractivity contribution is 5.89. The first-order chi connectivity index (χ1) is 28.0. The molecule has 13 heteroatoms. The second-order valence-electron chi connectivity index (χ2n) is 18.8. The van der Waals surface area contributed by atoms with Crippen molar-refractivity contribution in [2.24, 2.45) is 51.2 Å². The highest BCUT2D eigenvalue weighted by atomic mass is 16.7. The van der Waals surface area contributed by atoms with Crippen molar-refractivity contribution in [3.05, 3.63) is 46.6 Å². The van der Waals surface area contributed by atoms with Gasteiger partial charge in [0, 0.05) is 59.2 Å². The fourth-order valence-corrected chi connectivity index (χ4v) is 12.6. The van der Waals surface area contributed by atoms with Crippen molar-refractivity contribution in [1.29, 1.82) is 0 Å². The van der Waals surface area contributed by atoms with E-state index in [1.165, 1.54) is 39.6 Å². The molecule has 4 unspecified atom stereocenters. The Morgan fingerprint density at radius 3 is 1.49 bits per heavy atom. The van der Waals surface area contributed by atoms with Gasteiger partial charge in [-0.1, -0.05) is 68.2 Å². The smallest absolute Gasteiger partial charge is 0.469 e. The maximum Gasteiger partial charge on any atom is 0.508 e. The van der Waals surface area contributed by atoms with Crippen molar-refractivity contribution in [2.45, 2.75) is 123 Å². The van der Waals surface area contributed by atoms with E-state index in [0.29, 0.717) is 37.2 Å². The number of ketones is 2. The third-order valence-electron chi connectivity index (χ3n) is 16.1. The zero-order valence-electron chi connectivity index (χ0n) is 35.7. The number of carbonyl (C=O) groups excluding carboxylic acids is 6. The van der Waals surface area contributed by atoms with Gasteiger partial charge in [-0.25, -0.2) is 14.4 Å². The van der Waals surface area contributed by atoms with Crippen LogP contribution in [0.3, 0.4) is 0 Å². The first-order valence-electron chi connectivity index (χ1n) is 21.2. The average Bonchev–Trinajstić information content (AvgIpc) is 3.70. The molecule has 0 radical (unpaired) electrons. The van der Waals surface area contributed by atoms with E-state index < -0.39 is 35.9 Å². The van der Waals surface area contributed by atoms with Gasteiger partial charge < -0.3 is 33.2 Å². The SMILES string of the molecule is COC(=O)O[C@H]1CC[C@@]2(C)C(=C[C@@H](C(=O)OC)C3C2=CC[C@]2(C)C(=O)CCC32)C1.COC(=O)O[C@H]1CC[C@@]2(C)C(=C[C@H](OC(=O)OC)C3C2=CC[C@]2(C)C(=O)CCC32)C1. The van der Waals surface area contributed by atoms with Crippen molar-refractivity contribution < 1.29 is 61.9 Å². The molecule has 4 fully saturated rings. The van der Waals surface area contributed by atoms with Crippen LogP contribution in [0.25, 0.3) is 0 Å². The second kappa shape index (κ2) is 15.9. The van der Waals surface area contributed by atoms with Crippen molar-refractivity contribution >= 4 is 36.0 Å². The van der Waals surface area contributed by atoms with Crippen molar-refractivity contribution in [3.63, 3.8) is 0 Å². The maximum absolute atomic E-state index is 12.8. The van der Waals surface area contributed by atoms with Gasteiger partial charge in [-0.15, -0.1) is 0 Å². The Balaban J connectivity index is 0.000000179. The van der Waals surface area contributed by atoms with Crippen LogP contribution in [-0.4, -0.2) is 82.8 Å². The summed E-state index contributed by atoms with van der Waals surface area (Å²) < 4.78 is 35.8. The van der Waals surface area contributed by atoms with E-state index in [1.54, 1.807) is 0 Å². The third-order valence-corrected chi connectivity index (χ3v) is 16.1. The Morgan fingerprint density at radius 1 is 0.576 bits per heavy atom. The van der Waals surface area contributed by atoms with Crippen LogP contribution in [0.2, 0.25) is 0 Å². The minimum absolute atomic E-state index is 0.000486. The lowest BCUT2D eigenvalue weighted by atomic mass is 9.50. The summed E-state index contributed by atoms with van der Waals surface area (Å²) >= 11 is 0. The number of ether oxygens (including phenoxy) is 7. The molecule has 8 rings (SSSR count). The number of allylic oxidation sites excluding steroid dienone is 3. The molecule has 0 amide bonds. The van der Waals surface area contributed by atoms with E-state index in [-0.39, 0.29) is 58.1 Å². The highest BCUT2D eigenvalue weighted by Gasteiger charge is 2.61. The number of fused-ring (bicyclic) bond motifs is 10. The first kappa shape index (κ1) is 42.7. The van der Waals surface area contributed by atoms with Gasteiger partial charge in [-0.05, 0) is 69.3 Å². The highest BCUT2D eigenvalue weighted by Crippen LogP contribution is 2.64. The molecule has 0 spiro atoms. The topological polar surface area (TPSA) is 167 Å². The molecule has 0 N–H and O–H groups in total. The van der Waals surface area contributed by atoms with Crippen LogP contribution in [0.5, 0.6) is 0 Å². The van der Waals surface area contributed by atoms with Crippen LogP contribution in [0, 0.1) is 51.2 Å². The minimum atomic E-state index is -0.727. The molecule has 4 saturated carbocycles. The molecule has 12 atom stereocenters. The van der Waals surface area contributed by atoms with E-state index in [4.69, 9.17) is 23.7 Å². The molecule has 0 aliphatic heterocycles. The fourth-order valence-electron chi connectivity index (χ4n) is 12.6. The summed E-state index contributed by atoms with van der Waals surface area (Å²) in [5, 5.41) is 0. The number of rotatable bonds is 4. The molecule has 8 aliphatic carbocycles. The Morgan fingerprint density at radius 2 is 1.02 bits per heavy atom. The monoisotopic (exact) mass is 820 g/mol. The molecule has 0 bridgehead atoms. The summed E-state index contributed by atoms with van der Waals surface area (Å²) in [5.74, 6) is 0.222. The molecular formula is C46H60O13. The summed E-state index contributed by atoms with van der Waals surface area (Å²) in [6.07, 6.45) is 14.0. The van der Waals surface area contributed by atoms with Crippen molar-refractivity contribution in [1.82, 2.24) is 0 Å². The van der Waals surface area contributed by atoms with Crippen LogP contribution in [0.15, 0.2) is 46.6 Å². The lowest BCUT2D eigenvalue weighted by Crippen LogP contribution is -2.50. The average molecular weight is 821 g/mol. The fraction of sp³-hybridized carbons (Fsp3) is 0.696. The van der Waals surface area contributed by atoms with E-state index in [0.717, 1.165) is 62.5 Å². The van der Waals surface area contributed by atoms with Gasteiger partial charge in [0.25, 0.3) is 0 Å². The zero-order valence-corrected chi connectivity index (χ0v) is 35.7. The predicted molar refractivity (Wildman–Crippen MR) is 211 cm³/mol. The van der Waals surface area contributed by atoms with Crippen LogP contribution in [-0.2, 0) is 47.5 Å². The molecule has 322 valence electrons. The van der Waals surface area contributed by atoms with Crippen LogP contribution in [0.1, 0.15) is 105 Å². The lowest BCUT2D eigenvalue weighted by molar-refractivity contribution is -0.147. The maximum atomic E-state index is 12.8. The Kier molecular flexibility index (Phi) is 11.5. The van der Waals surface area contributed by atoms with Gasteiger partial charge in [-0.2, -0.15) is 0 Å². The molecule has 0 aromatic rings. The van der Waals surface area contributed by atoms with E-state index in [2.05, 4.69) is 55.4 Å².